The Balaban J connectivity index is 2.74. The Kier molecular flexibility index (Phi) is 4.04. The molecule has 5 heteroatoms. The molecule has 0 aliphatic rings. The molecule has 0 saturated heterocycles. The summed E-state index contributed by atoms with van der Waals surface area (Å²) < 4.78 is 4.47. The van der Waals surface area contributed by atoms with E-state index in [9.17, 15) is 9.59 Å². The van der Waals surface area contributed by atoms with Crippen LogP contribution in [-0.4, -0.2) is 29.1 Å². The van der Waals surface area contributed by atoms with Gasteiger partial charge in [0.05, 0.1) is 7.11 Å². The number of nitrogens with zero attached hydrogens (tertiary/aromatic N) is 1. The van der Waals surface area contributed by atoms with Gasteiger partial charge in [-0.15, -0.1) is 0 Å². The minimum Gasteiger partial charge on any atom is -0.481 e. The Bertz CT molecular complexity index is 453. The molecule has 0 amide bonds. The van der Waals surface area contributed by atoms with Gasteiger partial charge in [-0.05, 0) is 12.1 Å². The smallest absolute Gasteiger partial charge is 0.356 e. The van der Waals surface area contributed by atoms with Gasteiger partial charge >= 0.3 is 11.9 Å². The molecule has 0 saturated carbocycles. The van der Waals surface area contributed by atoms with E-state index in [4.69, 9.17) is 5.11 Å². The zero-order chi connectivity index (χ0) is 12.0. The highest BCUT2D eigenvalue weighted by atomic mass is 16.5. The number of carboxylic acid groups (broad SMARTS) is 1. The van der Waals surface area contributed by atoms with Gasteiger partial charge in [-0.2, -0.15) is 0 Å². The standard InChI is InChI=1S/C11H9NO4/c1-16-11(15)9-6-5-8(7-12-9)3-2-4-10(13)14/h5-7H,4H2,1H3,(H,13,14). The first-order valence-electron chi connectivity index (χ1n) is 4.38. The van der Waals surface area contributed by atoms with Crippen LogP contribution in [0.1, 0.15) is 22.5 Å². The number of ether oxygens (including phenoxy) is 1. The van der Waals surface area contributed by atoms with Gasteiger partial charge in [0.1, 0.15) is 12.1 Å². The monoisotopic (exact) mass is 219 g/mol. The molecule has 1 aromatic rings. The van der Waals surface area contributed by atoms with Crippen molar-refractivity contribution in [3.63, 3.8) is 0 Å². The largest absolute Gasteiger partial charge is 0.481 e. The predicted octanol–water partition coefficient (Wildman–Crippen LogP) is 0.694. The summed E-state index contributed by atoms with van der Waals surface area (Å²) >= 11 is 0. The third kappa shape index (κ3) is 3.42. The first-order valence-corrected chi connectivity index (χ1v) is 4.38. The van der Waals surface area contributed by atoms with Crippen molar-refractivity contribution in [2.75, 3.05) is 7.11 Å². The molecular weight excluding hydrogens is 210 g/mol. The minimum atomic E-state index is -0.980. The lowest BCUT2D eigenvalue weighted by Gasteiger charge is -1.96. The van der Waals surface area contributed by atoms with Crippen LogP contribution in [0, 0.1) is 11.8 Å². The van der Waals surface area contributed by atoms with Gasteiger partial charge in [0, 0.05) is 11.8 Å². The Hall–Kier alpha value is -2.35. The van der Waals surface area contributed by atoms with Crippen molar-refractivity contribution in [3.05, 3.63) is 29.6 Å². The number of hydrogen-bond donors (Lipinski definition) is 1. The number of carboxylic acids is 1. The molecule has 0 fully saturated rings. The van der Waals surface area contributed by atoms with E-state index in [0.29, 0.717) is 5.56 Å². The molecule has 1 aromatic heterocycles. The number of carbonyl (C=O) groups is 2. The highest BCUT2D eigenvalue weighted by Crippen LogP contribution is 2.00. The Morgan fingerprint density at radius 3 is 2.75 bits per heavy atom. The maximum absolute atomic E-state index is 11.0. The molecule has 1 N–H and O–H groups in total. The van der Waals surface area contributed by atoms with E-state index in [1.54, 1.807) is 6.07 Å². The van der Waals surface area contributed by atoms with Crippen LogP contribution >= 0.6 is 0 Å². The van der Waals surface area contributed by atoms with E-state index < -0.39 is 11.9 Å². The zero-order valence-electron chi connectivity index (χ0n) is 8.56. The van der Waals surface area contributed by atoms with Crippen LogP contribution in [0.15, 0.2) is 18.3 Å². The molecule has 16 heavy (non-hydrogen) atoms. The number of aromatic nitrogens is 1. The van der Waals surface area contributed by atoms with Gasteiger partial charge in [-0.3, -0.25) is 4.79 Å². The Labute approximate surface area is 92.1 Å². The van der Waals surface area contributed by atoms with Crippen molar-refractivity contribution >= 4 is 11.9 Å². The number of rotatable bonds is 2. The first kappa shape index (κ1) is 11.7. The zero-order valence-corrected chi connectivity index (χ0v) is 8.56. The summed E-state index contributed by atoms with van der Waals surface area (Å²) in [5.74, 6) is 3.57. The number of methoxy groups -OCH3 is 1. The summed E-state index contributed by atoms with van der Waals surface area (Å²) in [5.41, 5.74) is 0.736. The lowest BCUT2D eigenvalue weighted by Crippen LogP contribution is -2.03. The van der Waals surface area contributed by atoms with Crippen molar-refractivity contribution in [2.45, 2.75) is 6.42 Å². The van der Waals surface area contributed by atoms with Gasteiger partial charge < -0.3 is 9.84 Å². The molecule has 0 aliphatic carbocycles. The van der Waals surface area contributed by atoms with Crippen LogP contribution in [0.2, 0.25) is 0 Å². The average molecular weight is 219 g/mol. The van der Waals surface area contributed by atoms with E-state index in [-0.39, 0.29) is 12.1 Å². The maximum atomic E-state index is 11.0. The molecule has 0 atom stereocenters. The fraction of sp³-hybridized carbons (Fsp3) is 0.182. The Morgan fingerprint density at radius 2 is 2.25 bits per heavy atom. The van der Waals surface area contributed by atoms with E-state index in [1.807, 2.05) is 0 Å². The normalized spacial score (nSPS) is 8.81. The summed E-state index contributed by atoms with van der Waals surface area (Å²) in [7, 11) is 1.27. The minimum absolute atomic E-state index is 0.186. The summed E-state index contributed by atoms with van der Waals surface area (Å²) in [6, 6.07) is 3.05. The quantitative estimate of drug-likeness (QED) is 0.585. The van der Waals surface area contributed by atoms with E-state index in [1.165, 1.54) is 19.4 Å². The number of esters is 1. The fourth-order valence-electron chi connectivity index (χ4n) is 0.915. The molecule has 1 heterocycles. The maximum Gasteiger partial charge on any atom is 0.356 e. The summed E-state index contributed by atoms with van der Waals surface area (Å²) in [5, 5.41) is 8.36. The third-order valence-electron chi connectivity index (χ3n) is 1.63. The van der Waals surface area contributed by atoms with E-state index >= 15 is 0 Å². The highest BCUT2D eigenvalue weighted by Gasteiger charge is 2.04. The number of hydrogen-bond acceptors (Lipinski definition) is 4. The SMILES string of the molecule is COC(=O)c1ccc(C#CCC(=O)O)cn1. The second-order valence-electron chi connectivity index (χ2n) is 2.80. The van der Waals surface area contributed by atoms with Gasteiger partial charge in [-0.25, -0.2) is 9.78 Å². The van der Waals surface area contributed by atoms with Crippen LogP contribution in [0.3, 0.4) is 0 Å². The highest BCUT2D eigenvalue weighted by molar-refractivity contribution is 5.87. The molecule has 5 nitrogen and oxygen atoms in total. The van der Waals surface area contributed by atoms with Gasteiger partial charge in [0.15, 0.2) is 0 Å². The average Bonchev–Trinajstić information content (AvgIpc) is 2.28. The number of aliphatic carboxylic acids is 1. The van der Waals surface area contributed by atoms with Gasteiger partial charge in [-0.1, -0.05) is 11.8 Å². The predicted molar refractivity (Wildman–Crippen MR) is 54.7 cm³/mol. The third-order valence-corrected chi connectivity index (χ3v) is 1.63. The van der Waals surface area contributed by atoms with Crippen molar-refractivity contribution in [2.24, 2.45) is 0 Å². The number of pyridine rings is 1. The van der Waals surface area contributed by atoms with Crippen LogP contribution in [0.4, 0.5) is 0 Å². The summed E-state index contributed by atoms with van der Waals surface area (Å²) in [6.07, 6.45) is 1.17. The first-order chi connectivity index (χ1) is 7.63. The molecule has 0 unspecified atom stereocenters. The van der Waals surface area contributed by atoms with E-state index in [0.717, 1.165) is 0 Å². The summed E-state index contributed by atoms with van der Waals surface area (Å²) in [6.45, 7) is 0. The topological polar surface area (TPSA) is 76.5 Å². The fourth-order valence-corrected chi connectivity index (χ4v) is 0.915. The molecule has 0 spiro atoms. The lowest BCUT2D eigenvalue weighted by molar-refractivity contribution is -0.135. The van der Waals surface area contributed by atoms with Crippen LogP contribution in [0.25, 0.3) is 0 Å². The molecule has 0 bridgehead atoms. The second-order valence-corrected chi connectivity index (χ2v) is 2.80. The van der Waals surface area contributed by atoms with Crippen LogP contribution in [-0.2, 0) is 9.53 Å². The lowest BCUT2D eigenvalue weighted by atomic mass is 10.2. The Morgan fingerprint density at radius 1 is 1.50 bits per heavy atom. The molecule has 82 valence electrons. The number of carbonyl (C=O) groups excluding carboxylic acids is 1. The summed E-state index contributed by atoms with van der Waals surface area (Å²) in [4.78, 5) is 25.0. The molecule has 0 radical (unpaired) electrons. The van der Waals surface area contributed by atoms with Gasteiger partial charge in [0.25, 0.3) is 0 Å². The van der Waals surface area contributed by atoms with E-state index in [2.05, 4.69) is 21.6 Å². The van der Waals surface area contributed by atoms with Gasteiger partial charge in [0.2, 0.25) is 0 Å². The van der Waals surface area contributed by atoms with Crippen molar-refractivity contribution in [3.8, 4) is 11.8 Å². The molecule has 1 rings (SSSR count). The molecular formula is C11H9NO4. The van der Waals surface area contributed by atoms with Crippen LogP contribution < -0.4 is 0 Å². The van der Waals surface area contributed by atoms with Crippen molar-refractivity contribution < 1.29 is 19.4 Å². The van der Waals surface area contributed by atoms with Crippen molar-refractivity contribution in [1.82, 2.24) is 4.98 Å². The van der Waals surface area contributed by atoms with Crippen LogP contribution in [0.5, 0.6) is 0 Å². The second kappa shape index (κ2) is 5.51. The van der Waals surface area contributed by atoms with Crippen molar-refractivity contribution in [1.29, 1.82) is 0 Å². The molecule has 0 aliphatic heterocycles. The molecule has 0 aromatic carbocycles.